The molecule has 2 N–H and O–H groups in total. The molecule has 114 valence electrons. The third-order valence-corrected chi connectivity index (χ3v) is 2.97. The molecule has 0 heterocycles. The van der Waals surface area contributed by atoms with Gasteiger partial charge in [0.1, 0.15) is 0 Å². The molecule has 6 heteroatoms. The van der Waals surface area contributed by atoms with Gasteiger partial charge in [0.2, 0.25) is 5.78 Å². The van der Waals surface area contributed by atoms with Crippen LogP contribution in [-0.2, 0) is 6.18 Å². The number of nitrogens with two attached hydrogens (primary N) is 1. The summed E-state index contributed by atoms with van der Waals surface area (Å²) >= 11 is 0. The van der Waals surface area contributed by atoms with Crippen molar-refractivity contribution in [3.05, 3.63) is 64.7 Å². The quantitative estimate of drug-likeness (QED) is 0.498. The van der Waals surface area contributed by atoms with E-state index in [9.17, 15) is 18.0 Å². The van der Waals surface area contributed by atoms with E-state index in [0.29, 0.717) is 5.56 Å². The molecule has 0 aliphatic rings. The Hall–Kier alpha value is -3.25. The summed E-state index contributed by atoms with van der Waals surface area (Å²) in [6.07, 6.45) is -4.49. The smallest absolute Gasteiger partial charge is 0.398 e. The van der Waals surface area contributed by atoms with Crippen molar-refractivity contribution in [3.63, 3.8) is 0 Å². The van der Waals surface area contributed by atoms with Gasteiger partial charge in [0.15, 0.2) is 0 Å². The van der Waals surface area contributed by atoms with Crippen molar-refractivity contribution in [1.82, 2.24) is 0 Å². The van der Waals surface area contributed by atoms with E-state index in [1.54, 1.807) is 0 Å². The summed E-state index contributed by atoms with van der Waals surface area (Å²) in [5.74, 6) is 4.26. The molecule has 3 nitrogen and oxygen atoms in total. The first-order valence-corrected chi connectivity index (χ1v) is 6.34. The molecular formula is C17H9F3N2O. The number of halogens is 3. The van der Waals surface area contributed by atoms with Crippen molar-refractivity contribution in [1.29, 1.82) is 5.26 Å². The van der Waals surface area contributed by atoms with Crippen LogP contribution in [-0.4, -0.2) is 5.78 Å². The minimum atomic E-state index is -4.49. The second kappa shape index (κ2) is 6.25. The van der Waals surface area contributed by atoms with Crippen molar-refractivity contribution in [2.24, 2.45) is 0 Å². The number of hydrogen-bond acceptors (Lipinski definition) is 3. The van der Waals surface area contributed by atoms with Crippen LogP contribution in [0.2, 0.25) is 0 Å². The first-order valence-electron chi connectivity index (χ1n) is 6.34. The Bertz CT molecular complexity index is 851. The Balaban J connectivity index is 2.24. The Kier molecular flexibility index (Phi) is 4.38. The molecule has 2 aromatic carbocycles. The molecule has 0 saturated carbocycles. The van der Waals surface area contributed by atoms with Gasteiger partial charge in [0, 0.05) is 16.8 Å². The summed E-state index contributed by atoms with van der Waals surface area (Å²) in [5, 5.41) is 8.67. The molecular weight excluding hydrogens is 305 g/mol. The van der Waals surface area contributed by atoms with Crippen LogP contribution in [0.1, 0.15) is 27.0 Å². The Morgan fingerprint density at radius 3 is 2.26 bits per heavy atom. The third-order valence-electron chi connectivity index (χ3n) is 2.97. The number of hydrogen-bond donors (Lipinski definition) is 1. The molecule has 2 aromatic rings. The Morgan fingerprint density at radius 2 is 1.74 bits per heavy atom. The van der Waals surface area contributed by atoms with E-state index in [2.05, 4.69) is 11.8 Å². The highest BCUT2D eigenvalue weighted by Crippen LogP contribution is 2.31. The van der Waals surface area contributed by atoms with Crippen molar-refractivity contribution in [2.75, 3.05) is 5.73 Å². The number of nitriles is 1. The lowest BCUT2D eigenvalue weighted by atomic mass is 10.1. The monoisotopic (exact) mass is 314 g/mol. The van der Waals surface area contributed by atoms with Gasteiger partial charge in [0.05, 0.1) is 17.2 Å². The normalized spacial score (nSPS) is 10.3. The maximum Gasteiger partial charge on any atom is 0.416 e. The first kappa shape index (κ1) is 16.1. The summed E-state index contributed by atoms with van der Waals surface area (Å²) in [6, 6.07) is 10.5. The van der Waals surface area contributed by atoms with Crippen LogP contribution in [0.5, 0.6) is 0 Å². The van der Waals surface area contributed by atoms with Crippen LogP contribution in [0.3, 0.4) is 0 Å². The molecule has 0 atom stereocenters. The lowest BCUT2D eigenvalue weighted by Gasteiger charge is -2.07. The summed E-state index contributed by atoms with van der Waals surface area (Å²) < 4.78 is 37.6. The molecule has 0 amide bonds. The molecule has 0 fully saturated rings. The summed E-state index contributed by atoms with van der Waals surface area (Å²) in [4.78, 5) is 11.9. The molecule has 0 aromatic heterocycles. The highest BCUT2D eigenvalue weighted by atomic mass is 19.4. The highest BCUT2D eigenvalue weighted by Gasteiger charge is 2.30. The SMILES string of the molecule is N#Cc1ccc(C(=O)C#Cc2ccc(C(F)(F)F)cc2N)cc1. The second-order valence-electron chi connectivity index (χ2n) is 4.57. The lowest BCUT2D eigenvalue weighted by molar-refractivity contribution is -0.137. The Morgan fingerprint density at radius 1 is 1.09 bits per heavy atom. The number of Topliss-reactive ketones (excluding diaryl/α,β-unsaturated/α-hetero) is 1. The standard InChI is InChI=1S/C17H9F3N2O/c18-17(19,20)14-7-5-12(15(22)9-14)6-8-16(23)13-3-1-11(10-21)2-4-13/h1-5,7,9H,22H2. The van der Waals surface area contributed by atoms with Gasteiger partial charge in [-0.3, -0.25) is 4.79 Å². The fourth-order valence-corrected chi connectivity index (χ4v) is 1.75. The van der Waals surface area contributed by atoms with E-state index in [4.69, 9.17) is 11.0 Å². The molecule has 2 rings (SSSR count). The van der Waals surface area contributed by atoms with E-state index < -0.39 is 17.5 Å². The minimum Gasteiger partial charge on any atom is -0.398 e. The maximum absolute atomic E-state index is 12.5. The van der Waals surface area contributed by atoms with Gasteiger partial charge in [-0.2, -0.15) is 18.4 Å². The van der Waals surface area contributed by atoms with Gasteiger partial charge in [-0.05, 0) is 48.4 Å². The zero-order chi connectivity index (χ0) is 17.0. The van der Waals surface area contributed by atoms with Crippen LogP contribution in [0.25, 0.3) is 0 Å². The van der Waals surface area contributed by atoms with Crippen molar-refractivity contribution in [2.45, 2.75) is 6.18 Å². The number of nitrogens with zero attached hydrogens (tertiary/aromatic N) is 1. The Labute approximate surface area is 130 Å². The van der Waals surface area contributed by atoms with E-state index in [0.717, 1.165) is 18.2 Å². The van der Waals surface area contributed by atoms with Crippen LogP contribution in [0, 0.1) is 23.2 Å². The highest BCUT2D eigenvalue weighted by molar-refractivity contribution is 6.09. The van der Waals surface area contributed by atoms with Gasteiger partial charge in [-0.1, -0.05) is 5.92 Å². The van der Waals surface area contributed by atoms with Crippen LogP contribution in [0.15, 0.2) is 42.5 Å². The molecule has 0 saturated heterocycles. The van der Waals surface area contributed by atoms with Crippen molar-refractivity contribution in [3.8, 4) is 17.9 Å². The van der Waals surface area contributed by atoms with Gasteiger partial charge in [-0.15, -0.1) is 0 Å². The van der Waals surface area contributed by atoms with E-state index in [1.165, 1.54) is 24.3 Å². The van der Waals surface area contributed by atoms with Crippen LogP contribution >= 0.6 is 0 Å². The maximum atomic E-state index is 12.5. The zero-order valence-electron chi connectivity index (χ0n) is 11.6. The summed E-state index contributed by atoms with van der Waals surface area (Å²) in [6.45, 7) is 0. The topological polar surface area (TPSA) is 66.9 Å². The largest absolute Gasteiger partial charge is 0.416 e. The van der Waals surface area contributed by atoms with Gasteiger partial charge < -0.3 is 5.73 Å². The van der Waals surface area contributed by atoms with E-state index in [1.807, 2.05) is 6.07 Å². The summed E-state index contributed by atoms with van der Waals surface area (Å²) in [7, 11) is 0. The third kappa shape index (κ3) is 3.90. The van der Waals surface area contributed by atoms with E-state index >= 15 is 0 Å². The number of nitrogen functional groups attached to an aromatic ring is 1. The number of benzene rings is 2. The molecule has 0 aliphatic heterocycles. The molecule has 0 unspecified atom stereocenters. The zero-order valence-corrected chi connectivity index (χ0v) is 11.6. The minimum absolute atomic E-state index is 0.139. The second-order valence-corrected chi connectivity index (χ2v) is 4.57. The van der Waals surface area contributed by atoms with Crippen molar-refractivity contribution < 1.29 is 18.0 Å². The number of carbonyl (C=O) groups is 1. The summed E-state index contributed by atoms with van der Waals surface area (Å²) in [5.41, 5.74) is 5.32. The van der Waals surface area contributed by atoms with Gasteiger partial charge >= 0.3 is 6.18 Å². The number of alkyl halides is 3. The lowest BCUT2D eigenvalue weighted by Crippen LogP contribution is -2.06. The van der Waals surface area contributed by atoms with E-state index in [-0.39, 0.29) is 16.8 Å². The molecule has 0 radical (unpaired) electrons. The fraction of sp³-hybridized carbons (Fsp3) is 0.0588. The number of carbonyl (C=O) groups excluding carboxylic acids is 1. The predicted molar refractivity (Wildman–Crippen MR) is 78.2 cm³/mol. The van der Waals surface area contributed by atoms with Gasteiger partial charge in [-0.25, -0.2) is 0 Å². The molecule has 23 heavy (non-hydrogen) atoms. The molecule has 0 spiro atoms. The predicted octanol–water partition coefficient (Wildman–Crippen LogP) is 3.39. The number of ketones is 1. The molecule has 0 bridgehead atoms. The fourth-order valence-electron chi connectivity index (χ4n) is 1.75. The van der Waals surface area contributed by atoms with Gasteiger partial charge in [0.25, 0.3) is 0 Å². The van der Waals surface area contributed by atoms with Crippen molar-refractivity contribution >= 4 is 11.5 Å². The first-order chi connectivity index (χ1) is 10.8. The van der Waals surface area contributed by atoms with Crippen LogP contribution < -0.4 is 5.73 Å². The number of anilines is 1. The molecule has 0 aliphatic carbocycles. The average molecular weight is 314 g/mol. The van der Waals surface area contributed by atoms with Crippen LogP contribution in [0.4, 0.5) is 18.9 Å². The average Bonchev–Trinajstić information content (AvgIpc) is 2.52. The number of rotatable bonds is 1.